The second-order valence-electron chi connectivity index (χ2n) is 7.97. The number of thiophene rings is 1. The SMILES string of the molecule is CC(C)[C@@H]1N=C(c2sccc2P(c2ccccc2)c2ccccc2)OC1(C)C. The zero-order chi connectivity index (χ0) is 19.7. The lowest BCUT2D eigenvalue weighted by Crippen LogP contribution is -2.37. The molecule has 0 saturated heterocycles. The molecule has 2 aromatic carbocycles. The fourth-order valence-corrected chi connectivity index (χ4v) is 7.47. The molecule has 144 valence electrons. The van der Waals surface area contributed by atoms with Crippen molar-refractivity contribution < 1.29 is 4.74 Å². The van der Waals surface area contributed by atoms with Crippen LogP contribution >= 0.6 is 19.3 Å². The highest BCUT2D eigenvalue weighted by molar-refractivity contribution is 7.80. The molecule has 2 heterocycles. The summed E-state index contributed by atoms with van der Waals surface area (Å²) in [6.07, 6.45) is 0. The van der Waals surface area contributed by atoms with E-state index in [0.717, 1.165) is 5.90 Å². The first-order valence-corrected chi connectivity index (χ1v) is 11.9. The molecule has 28 heavy (non-hydrogen) atoms. The van der Waals surface area contributed by atoms with Crippen molar-refractivity contribution in [3.63, 3.8) is 0 Å². The highest BCUT2D eigenvalue weighted by atomic mass is 32.1. The standard InChI is InChI=1S/C24H26NOPS/c1-17(2)22-24(3,4)26-23(25-22)21-20(15-16-28-21)27(18-11-7-5-8-12-18)19-13-9-6-10-14-19/h5-17,22H,1-4H3/t22-/m0/s1. The van der Waals surface area contributed by atoms with Crippen LogP contribution in [-0.2, 0) is 4.74 Å². The van der Waals surface area contributed by atoms with Crippen molar-refractivity contribution in [2.75, 3.05) is 0 Å². The molecule has 1 aliphatic rings. The second-order valence-corrected chi connectivity index (χ2v) is 11.1. The Kier molecular flexibility index (Phi) is 5.40. The van der Waals surface area contributed by atoms with E-state index in [0.29, 0.717) is 5.92 Å². The summed E-state index contributed by atoms with van der Waals surface area (Å²) in [5, 5.41) is 6.20. The van der Waals surface area contributed by atoms with Crippen LogP contribution in [0.3, 0.4) is 0 Å². The van der Waals surface area contributed by atoms with Gasteiger partial charge in [0, 0.05) is 5.30 Å². The van der Waals surface area contributed by atoms with E-state index in [4.69, 9.17) is 9.73 Å². The molecule has 0 N–H and O–H groups in total. The van der Waals surface area contributed by atoms with Crippen molar-refractivity contribution in [2.24, 2.45) is 10.9 Å². The third-order valence-electron chi connectivity index (χ3n) is 5.07. The Morgan fingerprint density at radius 1 is 0.929 bits per heavy atom. The lowest BCUT2D eigenvalue weighted by atomic mass is 9.90. The van der Waals surface area contributed by atoms with Crippen molar-refractivity contribution in [1.29, 1.82) is 0 Å². The Morgan fingerprint density at radius 3 is 2.00 bits per heavy atom. The molecule has 4 heteroatoms. The van der Waals surface area contributed by atoms with Gasteiger partial charge in [-0.3, -0.25) is 0 Å². The first-order chi connectivity index (χ1) is 13.5. The van der Waals surface area contributed by atoms with Gasteiger partial charge in [-0.1, -0.05) is 74.5 Å². The van der Waals surface area contributed by atoms with Gasteiger partial charge in [-0.2, -0.15) is 0 Å². The summed E-state index contributed by atoms with van der Waals surface area (Å²) in [5.41, 5.74) is -0.271. The molecule has 0 saturated carbocycles. The third kappa shape index (κ3) is 3.66. The zero-order valence-corrected chi connectivity index (χ0v) is 18.5. The summed E-state index contributed by atoms with van der Waals surface area (Å²) in [7, 11) is -0.657. The van der Waals surface area contributed by atoms with E-state index in [9.17, 15) is 0 Å². The molecule has 0 aliphatic carbocycles. The second kappa shape index (κ2) is 7.81. The zero-order valence-electron chi connectivity index (χ0n) is 16.8. The molecular formula is C24H26NOPS. The van der Waals surface area contributed by atoms with Gasteiger partial charge >= 0.3 is 0 Å². The summed E-state index contributed by atoms with van der Waals surface area (Å²) in [5.74, 6) is 1.26. The van der Waals surface area contributed by atoms with E-state index in [1.165, 1.54) is 20.8 Å². The predicted octanol–water partition coefficient (Wildman–Crippen LogP) is 5.09. The molecule has 0 unspecified atom stereocenters. The van der Waals surface area contributed by atoms with Gasteiger partial charge in [0.15, 0.2) is 0 Å². The van der Waals surface area contributed by atoms with Gasteiger partial charge in [0.1, 0.15) is 5.60 Å². The molecule has 0 radical (unpaired) electrons. The molecule has 1 aliphatic heterocycles. The van der Waals surface area contributed by atoms with Gasteiger partial charge in [0.2, 0.25) is 5.90 Å². The summed E-state index contributed by atoms with van der Waals surface area (Å²) in [6.45, 7) is 8.74. The number of benzene rings is 2. The monoisotopic (exact) mass is 407 g/mol. The highest BCUT2D eigenvalue weighted by Gasteiger charge is 2.41. The number of aliphatic imine (C=N–C) groups is 1. The maximum Gasteiger partial charge on any atom is 0.228 e. The maximum absolute atomic E-state index is 6.40. The molecule has 3 aromatic rings. The summed E-state index contributed by atoms with van der Waals surface area (Å²) >= 11 is 1.74. The van der Waals surface area contributed by atoms with Gasteiger partial charge in [0.25, 0.3) is 0 Å². The Morgan fingerprint density at radius 2 is 1.50 bits per heavy atom. The summed E-state index contributed by atoms with van der Waals surface area (Å²) < 4.78 is 6.40. The lowest BCUT2D eigenvalue weighted by Gasteiger charge is -2.27. The molecule has 0 amide bonds. The average molecular weight is 408 g/mol. The number of hydrogen-bond acceptors (Lipinski definition) is 3. The van der Waals surface area contributed by atoms with Gasteiger partial charge in [-0.15, -0.1) is 11.3 Å². The van der Waals surface area contributed by atoms with Crippen LogP contribution in [-0.4, -0.2) is 17.5 Å². The van der Waals surface area contributed by atoms with Gasteiger partial charge < -0.3 is 4.74 Å². The Hall–Kier alpha value is -1.96. The van der Waals surface area contributed by atoms with Crippen molar-refractivity contribution in [2.45, 2.75) is 39.3 Å². The smallest absolute Gasteiger partial charge is 0.228 e. The van der Waals surface area contributed by atoms with Crippen LogP contribution in [0.25, 0.3) is 0 Å². The van der Waals surface area contributed by atoms with Crippen molar-refractivity contribution >= 4 is 41.1 Å². The minimum absolute atomic E-state index is 0.178. The minimum Gasteiger partial charge on any atom is -0.469 e. The maximum atomic E-state index is 6.40. The summed E-state index contributed by atoms with van der Waals surface area (Å²) in [4.78, 5) is 6.20. The Labute approximate surface area is 173 Å². The molecular weight excluding hydrogens is 381 g/mol. The van der Waals surface area contributed by atoms with Crippen LogP contribution in [0.15, 0.2) is 77.1 Å². The van der Waals surface area contributed by atoms with Crippen molar-refractivity contribution in [3.05, 3.63) is 77.0 Å². The highest BCUT2D eigenvalue weighted by Crippen LogP contribution is 2.39. The summed E-state index contributed by atoms with van der Waals surface area (Å²) in [6, 6.07) is 24.0. The fraction of sp³-hybridized carbons (Fsp3) is 0.292. The molecule has 1 atom stereocenters. The van der Waals surface area contributed by atoms with Crippen molar-refractivity contribution in [1.82, 2.24) is 0 Å². The van der Waals surface area contributed by atoms with Crippen LogP contribution in [0, 0.1) is 5.92 Å². The van der Waals surface area contributed by atoms with Crippen LogP contribution in [0.2, 0.25) is 0 Å². The quantitative estimate of drug-likeness (QED) is 0.540. The number of ether oxygens (including phenoxy) is 1. The number of nitrogens with zero attached hydrogens (tertiary/aromatic N) is 1. The fourth-order valence-electron chi connectivity index (χ4n) is 3.89. The molecule has 1 aromatic heterocycles. The van der Waals surface area contributed by atoms with Gasteiger partial charge in [0.05, 0.1) is 10.9 Å². The van der Waals surface area contributed by atoms with E-state index in [1.807, 2.05) is 0 Å². The number of rotatable bonds is 5. The topological polar surface area (TPSA) is 21.6 Å². The average Bonchev–Trinajstić information content (AvgIpc) is 3.28. The van der Waals surface area contributed by atoms with Crippen LogP contribution in [0.5, 0.6) is 0 Å². The van der Waals surface area contributed by atoms with E-state index in [2.05, 4.69) is 99.8 Å². The van der Waals surface area contributed by atoms with E-state index in [1.54, 1.807) is 11.3 Å². The van der Waals surface area contributed by atoms with E-state index >= 15 is 0 Å². The minimum atomic E-state index is -0.657. The van der Waals surface area contributed by atoms with Crippen LogP contribution < -0.4 is 15.9 Å². The van der Waals surface area contributed by atoms with Gasteiger partial charge in [-0.05, 0) is 49.7 Å². The largest absolute Gasteiger partial charge is 0.469 e. The molecule has 0 spiro atoms. The molecule has 0 bridgehead atoms. The predicted molar refractivity (Wildman–Crippen MR) is 123 cm³/mol. The van der Waals surface area contributed by atoms with Gasteiger partial charge in [-0.25, -0.2) is 4.99 Å². The molecule has 2 nitrogen and oxygen atoms in total. The first kappa shape index (κ1) is 19.4. The Balaban J connectivity index is 1.81. The van der Waals surface area contributed by atoms with E-state index < -0.39 is 7.92 Å². The number of hydrogen-bond donors (Lipinski definition) is 0. The normalized spacial score (nSPS) is 18.4. The van der Waals surface area contributed by atoms with Crippen LogP contribution in [0.4, 0.5) is 0 Å². The van der Waals surface area contributed by atoms with Crippen molar-refractivity contribution in [3.8, 4) is 0 Å². The first-order valence-electron chi connectivity index (χ1n) is 9.72. The van der Waals surface area contributed by atoms with Crippen LogP contribution in [0.1, 0.15) is 32.6 Å². The third-order valence-corrected chi connectivity index (χ3v) is 8.61. The Bertz CT molecular complexity index is 923. The van der Waals surface area contributed by atoms with E-state index in [-0.39, 0.29) is 11.6 Å². The molecule has 4 rings (SSSR count). The lowest BCUT2D eigenvalue weighted by molar-refractivity contribution is 0.0816. The molecule has 0 fully saturated rings.